The molecule has 8 heteroatoms. The number of hydrogen-bond acceptors (Lipinski definition) is 4. The summed E-state index contributed by atoms with van der Waals surface area (Å²) in [6.07, 6.45) is -3.87. The highest BCUT2D eigenvalue weighted by molar-refractivity contribution is 7.91. The molecule has 4 nitrogen and oxygen atoms in total. The summed E-state index contributed by atoms with van der Waals surface area (Å²) in [5, 5.41) is 0. The fourth-order valence-electron chi connectivity index (χ4n) is 3.74. The van der Waals surface area contributed by atoms with Gasteiger partial charge in [0.05, 0.1) is 16.2 Å². The molecule has 0 radical (unpaired) electrons. The SMILES string of the molecule is CC(C)(C)Oc1ccc(CN2CC[C@@H](CS(=O)(=O)c3cccc(C(F)(F)F)c3)C2)cc1. The van der Waals surface area contributed by atoms with Gasteiger partial charge in [0, 0.05) is 13.1 Å². The van der Waals surface area contributed by atoms with Crippen LogP contribution in [0.15, 0.2) is 53.4 Å². The minimum atomic E-state index is -4.57. The Morgan fingerprint density at radius 2 is 1.74 bits per heavy atom. The van der Waals surface area contributed by atoms with Crippen LogP contribution in [0.5, 0.6) is 5.75 Å². The van der Waals surface area contributed by atoms with E-state index in [4.69, 9.17) is 4.74 Å². The summed E-state index contributed by atoms with van der Waals surface area (Å²) in [7, 11) is -3.79. The lowest BCUT2D eigenvalue weighted by atomic mass is 10.1. The van der Waals surface area contributed by atoms with E-state index in [1.165, 1.54) is 6.07 Å². The number of ether oxygens (including phenoxy) is 1. The number of benzene rings is 2. The Morgan fingerprint density at radius 3 is 2.35 bits per heavy atom. The molecule has 0 bridgehead atoms. The van der Waals surface area contributed by atoms with Crippen LogP contribution >= 0.6 is 0 Å². The lowest BCUT2D eigenvalue weighted by Gasteiger charge is -2.22. The van der Waals surface area contributed by atoms with Gasteiger partial charge in [-0.25, -0.2) is 8.42 Å². The van der Waals surface area contributed by atoms with Gasteiger partial charge in [0.15, 0.2) is 9.84 Å². The lowest BCUT2D eigenvalue weighted by molar-refractivity contribution is -0.137. The van der Waals surface area contributed by atoms with Gasteiger partial charge in [-0.3, -0.25) is 4.90 Å². The van der Waals surface area contributed by atoms with Crippen molar-refractivity contribution in [2.75, 3.05) is 18.8 Å². The first-order valence-corrected chi connectivity index (χ1v) is 11.9. The first-order chi connectivity index (χ1) is 14.3. The first kappa shape index (κ1) is 23.6. The second-order valence-electron chi connectivity index (χ2n) is 9.06. The molecule has 2 aromatic carbocycles. The van der Waals surface area contributed by atoms with Crippen LogP contribution in [0.25, 0.3) is 0 Å². The molecule has 3 rings (SSSR count). The van der Waals surface area contributed by atoms with Crippen molar-refractivity contribution in [1.29, 1.82) is 0 Å². The molecular weight excluding hydrogens is 427 g/mol. The predicted octanol–water partition coefficient (Wildman–Crippen LogP) is 5.18. The second-order valence-corrected chi connectivity index (χ2v) is 11.1. The quantitative estimate of drug-likeness (QED) is 0.602. The molecule has 1 aliphatic rings. The van der Waals surface area contributed by atoms with Gasteiger partial charge < -0.3 is 4.74 Å². The number of alkyl halides is 3. The number of hydrogen-bond donors (Lipinski definition) is 0. The molecule has 1 atom stereocenters. The highest BCUT2D eigenvalue weighted by Gasteiger charge is 2.33. The van der Waals surface area contributed by atoms with E-state index in [-0.39, 0.29) is 22.2 Å². The monoisotopic (exact) mass is 455 g/mol. The third-order valence-electron chi connectivity index (χ3n) is 5.10. The molecule has 170 valence electrons. The van der Waals surface area contributed by atoms with E-state index in [0.29, 0.717) is 19.5 Å². The van der Waals surface area contributed by atoms with Crippen LogP contribution in [0.2, 0.25) is 0 Å². The summed E-state index contributed by atoms with van der Waals surface area (Å²) in [4.78, 5) is 1.90. The van der Waals surface area contributed by atoms with Crippen LogP contribution in [0.1, 0.15) is 38.3 Å². The molecule has 0 aliphatic carbocycles. The van der Waals surface area contributed by atoms with Gasteiger partial charge >= 0.3 is 6.18 Å². The first-order valence-electron chi connectivity index (χ1n) is 10.2. The second kappa shape index (κ2) is 8.82. The Kier molecular flexibility index (Phi) is 6.72. The molecule has 1 saturated heterocycles. The average molecular weight is 456 g/mol. The molecule has 0 aromatic heterocycles. The van der Waals surface area contributed by atoms with Crippen molar-refractivity contribution in [3.8, 4) is 5.75 Å². The maximum absolute atomic E-state index is 12.9. The molecule has 0 saturated carbocycles. The van der Waals surface area contributed by atoms with E-state index in [0.717, 1.165) is 36.1 Å². The van der Waals surface area contributed by atoms with Crippen LogP contribution in [0, 0.1) is 5.92 Å². The Balaban J connectivity index is 1.59. The van der Waals surface area contributed by atoms with E-state index in [1.54, 1.807) is 0 Å². The summed E-state index contributed by atoms with van der Waals surface area (Å²) in [5.41, 5.74) is -0.113. The molecule has 1 aliphatic heterocycles. The van der Waals surface area contributed by atoms with Crippen molar-refractivity contribution in [2.45, 2.75) is 50.4 Å². The van der Waals surface area contributed by atoms with Gasteiger partial charge in [-0.05, 0) is 75.5 Å². The fourth-order valence-corrected chi connectivity index (χ4v) is 5.42. The van der Waals surface area contributed by atoms with E-state index < -0.39 is 21.6 Å². The molecule has 1 heterocycles. The van der Waals surface area contributed by atoms with Gasteiger partial charge in [-0.1, -0.05) is 18.2 Å². The molecule has 1 fully saturated rings. The molecule has 0 amide bonds. The van der Waals surface area contributed by atoms with Crippen LogP contribution in [0.3, 0.4) is 0 Å². The standard InChI is InChI=1S/C23H28F3NO3S/c1-22(2,3)30-20-9-7-17(8-10-20)14-27-12-11-18(15-27)16-31(28,29)21-6-4-5-19(13-21)23(24,25)26/h4-10,13,18H,11-12,14-16H2,1-3H3/t18-/m1/s1. The molecule has 31 heavy (non-hydrogen) atoms. The number of nitrogens with zero attached hydrogens (tertiary/aromatic N) is 1. The number of likely N-dealkylation sites (tertiary alicyclic amines) is 1. The number of sulfone groups is 1. The summed E-state index contributed by atoms with van der Waals surface area (Å²) < 4.78 is 69.9. The van der Waals surface area contributed by atoms with Crippen molar-refractivity contribution in [3.63, 3.8) is 0 Å². The van der Waals surface area contributed by atoms with Gasteiger partial charge in [-0.15, -0.1) is 0 Å². The fraction of sp³-hybridized carbons (Fsp3) is 0.478. The Hall–Kier alpha value is -2.06. The number of rotatable bonds is 6. The third kappa shape index (κ3) is 6.71. The zero-order valence-corrected chi connectivity index (χ0v) is 18.8. The van der Waals surface area contributed by atoms with Crippen molar-refractivity contribution in [2.24, 2.45) is 5.92 Å². The Labute approximate surface area is 181 Å². The zero-order valence-electron chi connectivity index (χ0n) is 17.9. The molecule has 2 aromatic rings. The van der Waals surface area contributed by atoms with Crippen LogP contribution in [0.4, 0.5) is 13.2 Å². The van der Waals surface area contributed by atoms with Gasteiger partial charge in [0.1, 0.15) is 11.4 Å². The molecule has 0 unspecified atom stereocenters. The summed E-state index contributed by atoms with van der Waals surface area (Å²) in [5.74, 6) is 0.536. The van der Waals surface area contributed by atoms with Crippen LogP contribution in [-0.2, 0) is 22.6 Å². The van der Waals surface area contributed by atoms with Gasteiger partial charge in [0.25, 0.3) is 0 Å². The maximum Gasteiger partial charge on any atom is 0.416 e. The summed E-state index contributed by atoms with van der Waals surface area (Å²) in [6, 6.07) is 11.8. The molecule has 0 spiro atoms. The van der Waals surface area contributed by atoms with Gasteiger partial charge in [0.2, 0.25) is 0 Å². The lowest BCUT2D eigenvalue weighted by Crippen LogP contribution is -2.24. The molecular formula is C23H28F3NO3S. The highest BCUT2D eigenvalue weighted by atomic mass is 32.2. The third-order valence-corrected chi connectivity index (χ3v) is 6.98. The zero-order chi connectivity index (χ0) is 22.9. The minimum Gasteiger partial charge on any atom is -0.488 e. The largest absolute Gasteiger partial charge is 0.488 e. The normalized spacial score (nSPS) is 18.3. The van der Waals surface area contributed by atoms with E-state index >= 15 is 0 Å². The van der Waals surface area contributed by atoms with Crippen LogP contribution in [-0.4, -0.2) is 37.8 Å². The van der Waals surface area contributed by atoms with E-state index in [9.17, 15) is 21.6 Å². The van der Waals surface area contributed by atoms with Crippen molar-refractivity contribution >= 4 is 9.84 Å². The van der Waals surface area contributed by atoms with Crippen molar-refractivity contribution < 1.29 is 26.3 Å². The maximum atomic E-state index is 12.9. The van der Waals surface area contributed by atoms with Crippen molar-refractivity contribution in [3.05, 3.63) is 59.7 Å². The molecule has 0 N–H and O–H groups in total. The van der Waals surface area contributed by atoms with Gasteiger partial charge in [-0.2, -0.15) is 13.2 Å². The van der Waals surface area contributed by atoms with E-state index in [1.807, 2.05) is 45.0 Å². The average Bonchev–Trinajstić information content (AvgIpc) is 3.08. The minimum absolute atomic E-state index is 0.108. The Bertz CT molecular complexity index is 996. The highest BCUT2D eigenvalue weighted by Crippen LogP contribution is 2.31. The Morgan fingerprint density at radius 1 is 1.06 bits per heavy atom. The summed E-state index contributed by atoms with van der Waals surface area (Å²) >= 11 is 0. The predicted molar refractivity (Wildman–Crippen MR) is 114 cm³/mol. The van der Waals surface area contributed by atoms with E-state index in [2.05, 4.69) is 4.90 Å². The summed E-state index contributed by atoms with van der Waals surface area (Å²) in [6.45, 7) is 7.99. The smallest absolute Gasteiger partial charge is 0.416 e. The topological polar surface area (TPSA) is 46.6 Å². The number of halogens is 3. The van der Waals surface area contributed by atoms with Crippen LogP contribution < -0.4 is 4.74 Å². The van der Waals surface area contributed by atoms with Crippen molar-refractivity contribution in [1.82, 2.24) is 4.90 Å².